The fourth-order valence-corrected chi connectivity index (χ4v) is 0.825. The first-order chi connectivity index (χ1) is 5.27. The first kappa shape index (κ1) is 7.91. The Labute approximate surface area is 69.5 Å². The third kappa shape index (κ3) is 1.63. The van der Waals surface area contributed by atoms with Crippen molar-refractivity contribution in [3.63, 3.8) is 0 Å². The molecule has 0 saturated carbocycles. The Morgan fingerprint density at radius 3 is 3.09 bits per heavy atom. The first-order valence-electron chi connectivity index (χ1n) is 2.93. The minimum atomic E-state index is 0.463. The van der Waals surface area contributed by atoms with Crippen LogP contribution in [0, 0.1) is 0 Å². The Morgan fingerprint density at radius 2 is 2.55 bits per heavy atom. The molecule has 0 aliphatic rings. The zero-order chi connectivity index (χ0) is 8.27. The highest BCUT2D eigenvalue weighted by molar-refractivity contribution is 7.78. The van der Waals surface area contributed by atoms with Gasteiger partial charge in [-0.15, -0.1) is 5.10 Å². The average Bonchev–Trinajstić information content (AvgIpc) is 2.32. The summed E-state index contributed by atoms with van der Waals surface area (Å²) in [5.74, 6) is 0.463. The number of isothiocyanates is 1. The van der Waals surface area contributed by atoms with E-state index in [1.807, 2.05) is 0 Å². The van der Waals surface area contributed by atoms with E-state index in [0.717, 1.165) is 0 Å². The van der Waals surface area contributed by atoms with Crippen molar-refractivity contribution in [1.82, 2.24) is 9.78 Å². The van der Waals surface area contributed by atoms with E-state index in [-0.39, 0.29) is 0 Å². The molecule has 0 aliphatic carbocycles. The minimum absolute atomic E-state index is 0.463. The van der Waals surface area contributed by atoms with Crippen LogP contribution in [-0.4, -0.2) is 22.1 Å². The molecule has 1 rings (SSSR count). The summed E-state index contributed by atoms with van der Waals surface area (Å²) in [6, 6.07) is 0. The van der Waals surface area contributed by atoms with E-state index in [1.165, 1.54) is 7.11 Å². The van der Waals surface area contributed by atoms with Crippen molar-refractivity contribution < 1.29 is 4.74 Å². The van der Waals surface area contributed by atoms with Crippen LogP contribution in [0.1, 0.15) is 0 Å². The van der Waals surface area contributed by atoms with Gasteiger partial charge in [0.15, 0.2) is 5.69 Å². The molecular weight excluding hydrogens is 162 g/mol. The maximum atomic E-state index is 4.91. The predicted octanol–water partition coefficient (Wildman–Crippen LogP) is 1.16. The van der Waals surface area contributed by atoms with Gasteiger partial charge in [0.1, 0.15) is 0 Å². The summed E-state index contributed by atoms with van der Waals surface area (Å²) < 4.78 is 6.51. The van der Waals surface area contributed by atoms with Crippen molar-refractivity contribution >= 4 is 23.1 Å². The molecule has 58 valence electrons. The summed E-state index contributed by atoms with van der Waals surface area (Å²) in [7, 11) is 3.32. The number of aryl methyl sites for hydroxylation is 1. The molecule has 0 aliphatic heterocycles. The maximum Gasteiger partial charge on any atom is 0.259 e. The van der Waals surface area contributed by atoms with Gasteiger partial charge in [0, 0.05) is 7.05 Å². The Kier molecular flexibility index (Phi) is 2.36. The largest absolute Gasteiger partial charge is 0.478 e. The lowest BCUT2D eigenvalue weighted by Gasteiger charge is -1.90. The van der Waals surface area contributed by atoms with Crippen molar-refractivity contribution in [2.75, 3.05) is 7.11 Å². The number of rotatable bonds is 2. The Bertz CT molecular complexity index is 301. The Morgan fingerprint density at radius 1 is 1.82 bits per heavy atom. The molecule has 1 aromatic heterocycles. The van der Waals surface area contributed by atoms with Crippen molar-refractivity contribution in [2.24, 2.45) is 12.0 Å². The second-order valence-corrected chi connectivity index (χ2v) is 2.08. The number of hydrogen-bond donors (Lipinski definition) is 0. The smallest absolute Gasteiger partial charge is 0.259 e. The molecule has 1 heterocycles. The van der Waals surface area contributed by atoms with E-state index in [1.54, 1.807) is 17.9 Å². The number of methoxy groups -OCH3 is 1. The summed E-state index contributed by atoms with van der Waals surface area (Å²) in [5.41, 5.74) is 0.602. The molecule has 11 heavy (non-hydrogen) atoms. The van der Waals surface area contributed by atoms with Gasteiger partial charge >= 0.3 is 0 Å². The van der Waals surface area contributed by atoms with Gasteiger partial charge in [0.25, 0.3) is 5.88 Å². The van der Waals surface area contributed by atoms with Gasteiger partial charge in [-0.2, -0.15) is 4.99 Å². The highest BCUT2D eigenvalue weighted by Crippen LogP contribution is 2.23. The van der Waals surface area contributed by atoms with Crippen LogP contribution >= 0.6 is 12.2 Å². The number of hydrogen-bond acceptors (Lipinski definition) is 4. The van der Waals surface area contributed by atoms with Gasteiger partial charge in [0.05, 0.1) is 18.5 Å². The van der Waals surface area contributed by atoms with Crippen molar-refractivity contribution in [2.45, 2.75) is 0 Å². The van der Waals surface area contributed by atoms with Crippen molar-refractivity contribution in [3.8, 4) is 5.88 Å². The van der Waals surface area contributed by atoms with Crippen LogP contribution in [0.2, 0.25) is 0 Å². The summed E-state index contributed by atoms with van der Waals surface area (Å²) >= 11 is 4.44. The number of thiocarbonyl (C=S) groups is 1. The lowest BCUT2D eigenvalue weighted by Crippen LogP contribution is -1.88. The third-order valence-electron chi connectivity index (χ3n) is 1.14. The summed E-state index contributed by atoms with van der Waals surface area (Å²) in [6.07, 6.45) is 1.71. The fraction of sp³-hybridized carbons (Fsp3) is 0.333. The molecular formula is C6H7N3OS. The quantitative estimate of drug-likeness (QED) is 0.492. The van der Waals surface area contributed by atoms with Crippen LogP contribution in [0.15, 0.2) is 11.2 Å². The lowest BCUT2D eigenvalue weighted by atomic mass is 10.6. The lowest BCUT2D eigenvalue weighted by molar-refractivity contribution is 0.393. The molecule has 1 aromatic rings. The Hall–Kier alpha value is -1.19. The van der Waals surface area contributed by atoms with E-state index in [0.29, 0.717) is 11.6 Å². The summed E-state index contributed by atoms with van der Waals surface area (Å²) in [4.78, 5) is 3.75. The van der Waals surface area contributed by atoms with E-state index in [9.17, 15) is 0 Å². The van der Waals surface area contributed by atoms with Crippen LogP contribution in [-0.2, 0) is 7.05 Å². The van der Waals surface area contributed by atoms with Crippen LogP contribution in [0.5, 0.6) is 5.88 Å². The highest BCUT2D eigenvalue weighted by atomic mass is 32.1. The first-order valence-corrected chi connectivity index (χ1v) is 3.34. The van der Waals surface area contributed by atoms with Gasteiger partial charge in [-0.3, -0.25) is 4.68 Å². The standard InChI is InChI=1S/C6H7N3OS/c1-9-3-5(7-4-11)6(8-9)10-2/h3H,1-2H3. The zero-order valence-corrected chi connectivity index (χ0v) is 7.05. The summed E-state index contributed by atoms with van der Waals surface area (Å²) in [6.45, 7) is 0. The number of ether oxygens (including phenoxy) is 1. The van der Waals surface area contributed by atoms with E-state index in [4.69, 9.17) is 4.74 Å². The molecule has 0 fully saturated rings. The molecule has 0 radical (unpaired) electrons. The van der Waals surface area contributed by atoms with Gasteiger partial charge in [-0.1, -0.05) is 0 Å². The normalized spacial score (nSPS) is 8.91. The minimum Gasteiger partial charge on any atom is -0.478 e. The van der Waals surface area contributed by atoms with Crippen LogP contribution in [0.25, 0.3) is 0 Å². The maximum absolute atomic E-state index is 4.91. The second kappa shape index (κ2) is 3.27. The van der Waals surface area contributed by atoms with E-state index >= 15 is 0 Å². The van der Waals surface area contributed by atoms with Crippen LogP contribution in [0.3, 0.4) is 0 Å². The Balaban J connectivity index is 3.11. The second-order valence-electron chi connectivity index (χ2n) is 1.90. The van der Waals surface area contributed by atoms with E-state index < -0.39 is 0 Å². The van der Waals surface area contributed by atoms with Crippen LogP contribution in [0.4, 0.5) is 5.69 Å². The van der Waals surface area contributed by atoms with Gasteiger partial charge in [-0.05, 0) is 12.2 Å². The van der Waals surface area contributed by atoms with E-state index in [2.05, 4.69) is 27.5 Å². The third-order valence-corrected chi connectivity index (χ3v) is 1.23. The molecule has 4 nitrogen and oxygen atoms in total. The van der Waals surface area contributed by atoms with Crippen molar-refractivity contribution in [1.29, 1.82) is 0 Å². The van der Waals surface area contributed by atoms with Gasteiger partial charge in [0.2, 0.25) is 0 Å². The van der Waals surface area contributed by atoms with Crippen molar-refractivity contribution in [3.05, 3.63) is 6.20 Å². The topological polar surface area (TPSA) is 39.4 Å². The van der Waals surface area contributed by atoms with Gasteiger partial charge in [-0.25, -0.2) is 0 Å². The fourth-order valence-electron chi connectivity index (χ4n) is 0.727. The molecule has 0 bridgehead atoms. The molecule has 5 heteroatoms. The predicted molar refractivity (Wildman–Crippen MR) is 44.4 cm³/mol. The molecule has 0 N–H and O–H groups in total. The number of aliphatic imine (C=N–C) groups is 1. The highest BCUT2D eigenvalue weighted by Gasteiger charge is 2.04. The monoisotopic (exact) mass is 169 g/mol. The molecule has 0 spiro atoms. The van der Waals surface area contributed by atoms with Gasteiger partial charge < -0.3 is 4.74 Å². The summed E-state index contributed by atoms with van der Waals surface area (Å²) in [5, 5.41) is 6.21. The molecule has 0 atom stereocenters. The van der Waals surface area contributed by atoms with Crippen LogP contribution < -0.4 is 4.74 Å². The molecule has 0 saturated heterocycles. The molecule has 0 amide bonds. The SMILES string of the molecule is COc1nn(C)cc1N=C=S. The number of nitrogens with zero attached hydrogens (tertiary/aromatic N) is 3. The zero-order valence-electron chi connectivity index (χ0n) is 6.24. The molecule has 0 aromatic carbocycles. The number of aromatic nitrogens is 2. The average molecular weight is 169 g/mol. The molecule has 0 unspecified atom stereocenters.